The number of nitrogens with zero attached hydrogens (tertiary/aromatic N) is 2. The smallest absolute Gasteiger partial charge is 0.254 e. The standard InChI is InChI=1S/C24H32N2O3/c1-4-14-28-22-8-5-7-20(16-22)24(27)26(18-23-9-6-15-29-23)17-19-10-12-21(13-11-19)25(2)3/h5,7-8,10-13,16,23H,4,6,9,14-15,17-18H2,1-3H3. The van der Waals surface area contributed by atoms with Gasteiger partial charge in [-0.05, 0) is 55.2 Å². The fourth-order valence-electron chi connectivity index (χ4n) is 3.49. The molecule has 1 unspecified atom stereocenters. The number of carbonyl (C=O) groups excluding carboxylic acids is 1. The van der Waals surface area contributed by atoms with Crippen molar-refractivity contribution in [1.29, 1.82) is 0 Å². The third-order valence-electron chi connectivity index (χ3n) is 5.12. The lowest BCUT2D eigenvalue weighted by Crippen LogP contribution is -2.37. The SMILES string of the molecule is CCCOc1cccc(C(=O)N(Cc2ccc(N(C)C)cc2)CC2CCCO2)c1. The van der Waals surface area contributed by atoms with Crippen molar-refractivity contribution in [3.63, 3.8) is 0 Å². The number of carbonyl (C=O) groups is 1. The molecule has 5 heteroatoms. The topological polar surface area (TPSA) is 42.0 Å². The maximum atomic E-state index is 13.3. The summed E-state index contributed by atoms with van der Waals surface area (Å²) in [6.45, 7) is 4.67. The Labute approximate surface area is 174 Å². The Bertz CT molecular complexity index is 783. The number of hydrogen-bond acceptors (Lipinski definition) is 4. The van der Waals surface area contributed by atoms with Crippen LogP contribution in [0.2, 0.25) is 0 Å². The molecule has 2 aromatic rings. The van der Waals surface area contributed by atoms with Gasteiger partial charge in [-0.3, -0.25) is 4.79 Å². The lowest BCUT2D eigenvalue weighted by Gasteiger charge is -2.26. The molecule has 3 rings (SSSR count). The lowest BCUT2D eigenvalue weighted by molar-refractivity contribution is 0.0507. The van der Waals surface area contributed by atoms with Gasteiger partial charge < -0.3 is 19.3 Å². The van der Waals surface area contributed by atoms with E-state index < -0.39 is 0 Å². The molecule has 1 atom stereocenters. The summed E-state index contributed by atoms with van der Waals surface area (Å²) in [5, 5.41) is 0. The summed E-state index contributed by atoms with van der Waals surface area (Å²) in [5.74, 6) is 0.754. The number of anilines is 1. The van der Waals surface area contributed by atoms with Crippen molar-refractivity contribution in [2.24, 2.45) is 0 Å². The average Bonchev–Trinajstić information content (AvgIpc) is 3.25. The first kappa shape index (κ1) is 21.2. The van der Waals surface area contributed by atoms with E-state index in [9.17, 15) is 4.79 Å². The molecule has 1 saturated heterocycles. The van der Waals surface area contributed by atoms with Gasteiger partial charge in [0.25, 0.3) is 5.91 Å². The second kappa shape index (κ2) is 10.3. The van der Waals surface area contributed by atoms with E-state index in [1.54, 1.807) is 0 Å². The first-order chi connectivity index (χ1) is 14.1. The van der Waals surface area contributed by atoms with Gasteiger partial charge >= 0.3 is 0 Å². The Kier molecular flexibility index (Phi) is 7.53. The predicted octanol–water partition coefficient (Wildman–Crippen LogP) is 4.36. The Morgan fingerprint density at radius 3 is 2.62 bits per heavy atom. The summed E-state index contributed by atoms with van der Waals surface area (Å²) < 4.78 is 11.5. The van der Waals surface area contributed by atoms with E-state index in [2.05, 4.69) is 36.1 Å². The molecular weight excluding hydrogens is 364 g/mol. The summed E-state index contributed by atoms with van der Waals surface area (Å²) in [6.07, 6.45) is 3.11. The van der Waals surface area contributed by atoms with Crippen LogP contribution in [0.4, 0.5) is 5.69 Å². The van der Waals surface area contributed by atoms with E-state index in [4.69, 9.17) is 9.47 Å². The van der Waals surface area contributed by atoms with Gasteiger partial charge in [-0.25, -0.2) is 0 Å². The minimum atomic E-state index is 0.0131. The van der Waals surface area contributed by atoms with Gasteiger partial charge in [-0.1, -0.05) is 25.1 Å². The number of benzene rings is 2. The molecule has 1 heterocycles. The van der Waals surface area contributed by atoms with Crippen LogP contribution in [0.25, 0.3) is 0 Å². The molecule has 1 amide bonds. The van der Waals surface area contributed by atoms with Gasteiger partial charge in [-0.2, -0.15) is 0 Å². The van der Waals surface area contributed by atoms with Gasteiger partial charge in [-0.15, -0.1) is 0 Å². The summed E-state index contributed by atoms with van der Waals surface area (Å²) >= 11 is 0. The number of amides is 1. The highest BCUT2D eigenvalue weighted by molar-refractivity contribution is 5.94. The molecule has 0 N–H and O–H groups in total. The summed E-state index contributed by atoms with van der Waals surface area (Å²) in [5.41, 5.74) is 2.91. The highest BCUT2D eigenvalue weighted by Gasteiger charge is 2.24. The van der Waals surface area contributed by atoms with E-state index in [1.807, 2.05) is 43.3 Å². The second-order valence-electron chi connectivity index (χ2n) is 7.76. The Morgan fingerprint density at radius 1 is 1.17 bits per heavy atom. The monoisotopic (exact) mass is 396 g/mol. The van der Waals surface area contributed by atoms with Crippen molar-refractivity contribution in [2.75, 3.05) is 38.8 Å². The van der Waals surface area contributed by atoms with Crippen LogP contribution in [-0.2, 0) is 11.3 Å². The highest BCUT2D eigenvalue weighted by atomic mass is 16.5. The molecule has 0 aliphatic carbocycles. The molecule has 1 aliphatic heterocycles. The number of hydrogen-bond donors (Lipinski definition) is 0. The summed E-state index contributed by atoms with van der Waals surface area (Å²) in [4.78, 5) is 17.3. The molecule has 0 saturated carbocycles. The van der Waals surface area contributed by atoms with Crippen molar-refractivity contribution < 1.29 is 14.3 Å². The zero-order valence-electron chi connectivity index (χ0n) is 17.8. The highest BCUT2D eigenvalue weighted by Crippen LogP contribution is 2.21. The van der Waals surface area contributed by atoms with Gasteiger partial charge in [0, 0.05) is 45.0 Å². The van der Waals surface area contributed by atoms with Gasteiger partial charge in [0.15, 0.2) is 0 Å². The van der Waals surface area contributed by atoms with Crippen LogP contribution in [0.15, 0.2) is 48.5 Å². The lowest BCUT2D eigenvalue weighted by atomic mass is 10.1. The van der Waals surface area contributed by atoms with Crippen LogP contribution in [-0.4, -0.2) is 50.8 Å². The Hall–Kier alpha value is -2.53. The van der Waals surface area contributed by atoms with E-state index in [0.717, 1.165) is 42.9 Å². The minimum Gasteiger partial charge on any atom is -0.494 e. The van der Waals surface area contributed by atoms with Crippen molar-refractivity contribution in [3.05, 3.63) is 59.7 Å². The van der Waals surface area contributed by atoms with Crippen molar-refractivity contribution >= 4 is 11.6 Å². The molecule has 5 nitrogen and oxygen atoms in total. The molecule has 0 spiro atoms. The summed E-state index contributed by atoms with van der Waals surface area (Å²) in [7, 11) is 4.05. The fraction of sp³-hybridized carbons (Fsp3) is 0.458. The fourth-order valence-corrected chi connectivity index (χ4v) is 3.49. The molecule has 29 heavy (non-hydrogen) atoms. The maximum Gasteiger partial charge on any atom is 0.254 e. The molecule has 1 aliphatic rings. The van der Waals surface area contributed by atoms with E-state index in [1.165, 1.54) is 0 Å². The molecular formula is C24H32N2O3. The Balaban J connectivity index is 1.77. The normalized spacial score (nSPS) is 15.9. The maximum absolute atomic E-state index is 13.3. The third kappa shape index (κ3) is 5.97. The first-order valence-electron chi connectivity index (χ1n) is 10.5. The van der Waals surface area contributed by atoms with E-state index in [-0.39, 0.29) is 12.0 Å². The quantitative estimate of drug-likeness (QED) is 0.631. The van der Waals surface area contributed by atoms with Crippen molar-refractivity contribution in [3.8, 4) is 5.75 Å². The molecule has 0 radical (unpaired) electrons. The summed E-state index contributed by atoms with van der Waals surface area (Å²) in [6, 6.07) is 15.8. The predicted molar refractivity (Wildman–Crippen MR) is 117 cm³/mol. The second-order valence-corrected chi connectivity index (χ2v) is 7.76. The van der Waals surface area contributed by atoms with Crippen LogP contribution >= 0.6 is 0 Å². The van der Waals surface area contributed by atoms with Crippen LogP contribution in [0, 0.1) is 0 Å². The first-order valence-corrected chi connectivity index (χ1v) is 10.5. The van der Waals surface area contributed by atoms with E-state index in [0.29, 0.717) is 25.3 Å². The molecule has 156 valence electrons. The van der Waals surface area contributed by atoms with Crippen LogP contribution in [0.1, 0.15) is 42.1 Å². The number of ether oxygens (including phenoxy) is 2. The van der Waals surface area contributed by atoms with Crippen LogP contribution < -0.4 is 9.64 Å². The van der Waals surface area contributed by atoms with Gasteiger partial charge in [0.2, 0.25) is 0 Å². The van der Waals surface area contributed by atoms with Gasteiger partial charge in [0.1, 0.15) is 5.75 Å². The van der Waals surface area contributed by atoms with Crippen molar-refractivity contribution in [2.45, 2.75) is 38.8 Å². The zero-order valence-corrected chi connectivity index (χ0v) is 17.8. The molecule has 0 aromatic heterocycles. The third-order valence-corrected chi connectivity index (χ3v) is 5.12. The van der Waals surface area contributed by atoms with Crippen LogP contribution in [0.3, 0.4) is 0 Å². The Morgan fingerprint density at radius 2 is 1.97 bits per heavy atom. The van der Waals surface area contributed by atoms with E-state index >= 15 is 0 Å². The van der Waals surface area contributed by atoms with Crippen LogP contribution in [0.5, 0.6) is 5.75 Å². The number of rotatable bonds is 9. The van der Waals surface area contributed by atoms with Gasteiger partial charge in [0.05, 0.1) is 12.7 Å². The molecule has 2 aromatic carbocycles. The largest absolute Gasteiger partial charge is 0.494 e. The average molecular weight is 397 g/mol. The zero-order chi connectivity index (χ0) is 20.6. The molecule has 1 fully saturated rings. The molecule has 0 bridgehead atoms. The van der Waals surface area contributed by atoms with Crippen molar-refractivity contribution in [1.82, 2.24) is 4.90 Å². The minimum absolute atomic E-state index is 0.0131.